The first-order valence-electron chi connectivity index (χ1n) is 6.70. The number of anilines is 1. The monoisotopic (exact) mass is 390 g/mol. The fraction of sp³-hybridized carbons (Fsp3) is 0.125. The van der Waals surface area contributed by atoms with Crippen LogP contribution in [0.2, 0.25) is 10.0 Å². The van der Waals surface area contributed by atoms with Crippen molar-refractivity contribution in [2.45, 2.75) is 13.0 Å². The number of aliphatic carboxylic acids is 1. The van der Waals surface area contributed by atoms with Crippen LogP contribution in [0.25, 0.3) is 11.1 Å². The van der Waals surface area contributed by atoms with Gasteiger partial charge in [-0.15, -0.1) is 0 Å². The van der Waals surface area contributed by atoms with Crippen LogP contribution in [0.3, 0.4) is 0 Å². The predicted molar refractivity (Wildman–Crippen MR) is 88.5 cm³/mol. The first kappa shape index (κ1) is 21.4. The van der Waals surface area contributed by atoms with Crippen molar-refractivity contribution in [3.63, 3.8) is 0 Å². The molecule has 5 nitrogen and oxygen atoms in total. The van der Waals surface area contributed by atoms with Gasteiger partial charge in [-0.1, -0.05) is 41.4 Å². The third kappa shape index (κ3) is 6.04. The van der Waals surface area contributed by atoms with E-state index < -0.39 is 18.0 Å². The Balaban J connectivity index is 0.00000288. The van der Waals surface area contributed by atoms with Crippen molar-refractivity contribution in [3.05, 3.63) is 52.5 Å². The molecule has 0 aromatic heterocycles. The first-order chi connectivity index (χ1) is 10.9. The van der Waals surface area contributed by atoms with Gasteiger partial charge in [-0.05, 0) is 42.3 Å². The van der Waals surface area contributed by atoms with Crippen LogP contribution in [0.4, 0.5) is 10.5 Å². The zero-order valence-corrected chi connectivity index (χ0v) is 17.7. The molecule has 2 rings (SSSR count). The molecule has 2 amide bonds. The van der Waals surface area contributed by atoms with Gasteiger partial charge in [0.25, 0.3) is 0 Å². The Hall–Kier alpha value is -0.604. The van der Waals surface area contributed by atoms with Gasteiger partial charge in [0.1, 0.15) is 0 Å². The first-order valence-corrected chi connectivity index (χ1v) is 7.46. The van der Waals surface area contributed by atoms with Crippen molar-refractivity contribution >= 4 is 40.9 Å². The summed E-state index contributed by atoms with van der Waals surface area (Å²) >= 11 is 11.9. The Bertz CT molecular complexity index is 756. The molecule has 2 aromatic carbocycles. The number of carboxylic acid groups (broad SMARTS) is 1. The van der Waals surface area contributed by atoms with Crippen LogP contribution < -0.4 is 67.1 Å². The van der Waals surface area contributed by atoms with E-state index >= 15 is 0 Å². The second-order valence-electron chi connectivity index (χ2n) is 4.85. The number of nitrogens with one attached hydrogen (secondary N) is 2. The molecule has 2 aromatic rings. The quantitative estimate of drug-likeness (QED) is 0.716. The number of carboxylic acids is 1. The maximum absolute atomic E-state index is 11.7. The normalized spacial score (nSPS) is 11.1. The molecule has 0 heterocycles. The second kappa shape index (κ2) is 9.77. The van der Waals surface area contributed by atoms with Crippen LogP contribution in [0, 0.1) is 0 Å². The van der Waals surface area contributed by atoms with E-state index in [1.807, 2.05) is 12.1 Å². The van der Waals surface area contributed by atoms with Crippen molar-refractivity contribution < 1.29 is 66.1 Å². The summed E-state index contributed by atoms with van der Waals surface area (Å²) in [7, 11) is 0. The summed E-state index contributed by atoms with van der Waals surface area (Å²) in [5, 5.41) is 16.3. The zero-order valence-electron chi connectivity index (χ0n) is 13.1. The predicted octanol–water partition coefficient (Wildman–Crippen LogP) is -0.0757. The summed E-state index contributed by atoms with van der Waals surface area (Å²) < 4.78 is 0. The van der Waals surface area contributed by atoms with E-state index in [-0.39, 0.29) is 51.4 Å². The average molecular weight is 391 g/mol. The van der Waals surface area contributed by atoms with E-state index in [0.717, 1.165) is 11.1 Å². The van der Waals surface area contributed by atoms with Crippen LogP contribution >= 0.6 is 23.2 Å². The van der Waals surface area contributed by atoms with Gasteiger partial charge in [0, 0.05) is 5.69 Å². The molecule has 24 heavy (non-hydrogen) atoms. The van der Waals surface area contributed by atoms with Gasteiger partial charge in [0.2, 0.25) is 0 Å². The molecule has 0 saturated heterocycles. The van der Waals surface area contributed by atoms with E-state index in [2.05, 4.69) is 10.6 Å². The van der Waals surface area contributed by atoms with Crippen molar-refractivity contribution in [2.24, 2.45) is 0 Å². The van der Waals surface area contributed by atoms with Gasteiger partial charge in [0.15, 0.2) is 0 Å². The standard InChI is InChI=1S/C16H14Cl2N2O3.K/c1-9(15(21)22)19-16(23)20-12-4-2-3-10(7-12)11-5-6-13(17)14(18)8-11;/h2-9H,1H3,(H,21,22)(H2,19,20,23);/q;+1/p-1/t9-;/m0./s1. The third-order valence-electron chi connectivity index (χ3n) is 3.07. The van der Waals surface area contributed by atoms with Crippen molar-refractivity contribution in [1.82, 2.24) is 5.32 Å². The molecule has 2 N–H and O–H groups in total. The molecule has 0 aliphatic carbocycles. The fourth-order valence-corrected chi connectivity index (χ4v) is 2.17. The van der Waals surface area contributed by atoms with Gasteiger partial charge in [-0.3, -0.25) is 0 Å². The molecule has 0 saturated carbocycles. The van der Waals surface area contributed by atoms with Crippen LogP contribution in [-0.4, -0.2) is 18.0 Å². The summed E-state index contributed by atoms with van der Waals surface area (Å²) in [6.07, 6.45) is 0. The topological polar surface area (TPSA) is 81.3 Å². The minimum atomic E-state index is -1.36. The molecule has 0 aliphatic rings. The summed E-state index contributed by atoms with van der Waals surface area (Å²) in [6, 6.07) is 10.5. The zero-order chi connectivity index (χ0) is 17.0. The number of hydrogen-bond acceptors (Lipinski definition) is 3. The molecule has 120 valence electrons. The number of hydrogen-bond donors (Lipinski definition) is 2. The Kier molecular flexibility index (Phi) is 8.73. The Labute approximate surface area is 192 Å². The number of urea groups is 1. The summed E-state index contributed by atoms with van der Waals surface area (Å²) in [4.78, 5) is 22.3. The molecule has 0 radical (unpaired) electrons. The van der Waals surface area contributed by atoms with E-state index in [9.17, 15) is 14.7 Å². The van der Waals surface area contributed by atoms with Gasteiger partial charge in [-0.25, -0.2) is 4.79 Å². The Morgan fingerprint density at radius 2 is 1.71 bits per heavy atom. The fourth-order valence-electron chi connectivity index (χ4n) is 1.87. The molecule has 0 fully saturated rings. The SMILES string of the molecule is C[C@H](NC(=O)Nc1cccc(-c2ccc(Cl)c(Cl)c2)c1)C(=O)[O-].[K+]. The summed E-state index contributed by atoms with van der Waals surface area (Å²) in [5.41, 5.74) is 2.18. The van der Waals surface area contributed by atoms with Crippen LogP contribution in [0.5, 0.6) is 0 Å². The molecule has 0 unspecified atom stereocenters. The van der Waals surface area contributed by atoms with E-state index in [0.29, 0.717) is 15.7 Å². The number of carbonyl (C=O) groups is 2. The van der Waals surface area contributed by atoms with Crippen LogP contribution in [0.1, 0.15) is 6.92 Å². The van der Waals surface area contributed by atoms with E-state index in [1.54, 1.807) is 30.3 Å². The number of amides is 2. The van der Waals surface area contributed by atoms with Gasteiger partial charge in [0.05, 0.1) is 22.1 Å². The largest absolute Gasteiger partial charge is 1.00 e. The molecule has 1 atom stereocenters. The minimum Gasteiger partial charge on any atom is -0.548 e. The van der Waals surface area contributed by atoms with Crippen LogP contribution in [0.15, 0.2) is 42.5 Å². The number of benzene rings is 2. The molecular formula is C16H13Cl2KN2O3. The van der Waals surface area contributed by atoms with Crippen molar-refractivity contribution in [2.75, 3.05) is 5.32 Å². The maximum atomic E-state index is 11.7. The Morgan fingerprint density at radius 1 is 1.04 bits per heavy atom. The molecule has 8 heteroatoms. The molecule has 0 bridgehead atoms. The van der Waals surface area contributed by atoms with Crippen LogP contribution in [-0.2, 0) is 4.79 Å². The minimum absolute atomic E-state index is 0. The second-order valence-corrected chi connectivity index (χ2v) is 5.66. The van der Waals surface area contributed by atoms with Gasteiger partial charge < -0.3 is 20.5 Å². The number of carbonyl (C=O) groups excluding carboxylic acids is 2. The smallest absolute Gasteiger partial charge is 0.548 e. The Morgan fingerprint density at radius 3 is 2.33 bits per heavy atom. The van der Waals surface area contributed by atoms with Crippen molar-refractivity contribution in [3.8, 4) is 11.1 Å². The third-order valence-corrected chi connectivity index (χ3v) is 3.81. The summed E-state index contributed by atoms with van der Waals surface area (Å²) in [5.74, 6) is -1.36. The van der Waals surface area contributed by atoms with E-state index in [4.69, 9.17) is 23.2 Å². The average Bonchev–Trinajstić information content (AvgIpc) is 2.50. The number of halogens is 2. The summed E-state index contributed by atoms with van der Waals surface area (Å²) in [6.45, 7) is 1.32. The van der Waals surface area contributed by atoms with E-state index in [1.165, 1.54) is 6.92 Å². The molecular weight excluding hydrogens is 378 g/mol. The molecule has 0 spiro atoms. The van der Waals surface area contributed by atoms with Gasteiger partial charge in [-0.2, -0.15) is 0 Å². The number of rotatable bonds is 4. The molecule has 0 aliphatic heterocycles. The van der Waals surface area contributed by atoms with Gasteiger partial charge >= 0.3 is 57.4 Å². The maximum Gasteiger partial charge on any atom is 1.00 e. The van der Waals surface area contributed by atoms with Crippen molar-refractivity contribution in [1.29, 1.82) is 0 Å².